The molecule has 0 radical (unpaired) electrons. The van der Waals surface area contributed by atoms with Gasteiger partial charge in [0.25, 0.3) is 0 Å². The van der Waals surface area contributed by atoms with Crippen molar-refractivity contribution in [2.24, 2.45) is 10.9 Å². The van der Waals surface area contributed by atoms with E-state index in [9.17, 15) is 4.79 Å². The molecule has 2 aliphatic heterocycles. The van der Waals surface area contributed by atoms with Crippen molar-refractivity contribution in [1.82, 2.24) is 20.0 Å². The number of hydrogen-bond donors (Lipinski definition) is 1. The van der Waals surface area contributed by atoms with Crippen LogP contribution in [0.5, 0.6) is 0 Å². The van der Waals surface area contributed by atoms with E-state index in [2.05, 4.69) is 37.6 Å². The number of halogens is 1. The molecule has 0 spiro atoms. The van der Waals surface area contributed by atoms with Gasteiger partial charge in [-0.25, -0.2) is 4.99 Å². The molecule has 0 aromatic carbocycles. The molecule has 2 aliphatic rings. The molecule has 2 fully saturated rings. The maximum Gasteiger partial charge on any atom is 0.243 e. The Balaban J connectivity index is 0.00000300. The first-order valence-electron chi connectivity index (χ1n) is 10.6. The van der Waals surface area contributed by atoms with Crippen molar-refractivity contribution in [1.29, 1.82) is 0 Å². The molecule has 1 N–H and O–H groups in total. The Kier molecular flexibility index (Phi) is 10.7. The molecular formula is C21H36IN5OS. The molecule has 1 aromatic heterocycles. The second-order valence-corrected chi connectivity index (χ2v) is 9.18. The summed E-state index contributed by atoms with van der Waals surface area (Å²) in [7, 11) is 3.57. The lowest BCUT2D eigenvalue weighted by Crippen LogP contribution is -2.42. The lowest BCUT2D eigenvalue weighted by molar-refractivity contribution is -0.127. The highest BCUT2D eigenvalue weighted by Gasteiger charge is 2.27. The van der Waals surface area contributed by atoms with E-state index < -0.39 is 0 Å². The van der Waals surface area contributed by atoms with E-state index in [-0.39, 0.29) is 36.4 Å². The van der Waals surface area contributed by atoms with Gasteiger partial charge in [-0.3, -0.25) is 4.79 Å². The SMILES string of the molecule is CN(C)C(=O)CN=C(NCCc1cccs1)N1CCC(CN2CCCCC2)C1.I. The number of hydrogen-bond acceptors (Lipinski definition) is 4. The van der Waals surface area contributed by atoms with Gasteiger partial charge in [0.05, 0.1) is 0 Å². The van der Waals surface area contributed by atoms with Gasteiger partial charge in [0.2, 0.25) is 5.91 Å². The van der Waals surface area contributed by atoms with Crippen molar-refractivity contribution in [3.8, 4) is 0 Å². The third-order valence-corrected chi connectivity index (χ3v) is 6.58. The van der Waals surface area contributed by atoms with Gasteiger partial charge in [0, 0.05) is 45.2 Å². The van der Waals surface area contributed by atoms with Gasteiger partial charge in [-0.05, 0) is 56.1 Å². The van der Waals surface area contributed by atoms with E-state index in [1.165, 1.54) is 50.2 Å². The molecule has 6 nitrogen and oxygen atoms in total. The molecule has 3 heterocycles. The molecule has 3 rings (SSSR count). The van der Waals surface area contributed by atoms with E-state index in [1.807, 2.05) is 0 Å². The maximum absolute atomic E-state index is 12.0. The number of likely N-dealkylation sites (N-methyl/N-ethyl adjacent to an activating group) is 1. The van der Waals surface area contributed by atoms with E-state index in [1.54, 1.807) is 30.3 Å². The number of guanidine groups is 1. The Labute approximate surface area is 196 Å². The highest BCUT2D eigenvalue weighted by molar-refractivity contribution is 14.0. The van der Waals surface area contributed by atoms with Crippen molar-refractivity contribution in [3.05, 3.63) is 22.4 Å². The predicted octanol–water partition coefficient (Wildman–Crippen LogP) is 2.75. The van der Waals surface area contributed by atoms with Gasteiger partial charge in [-0.2, -0.15) is 0 Å². The number of thiophene rings is 1. The van der Waals surface area contributed by atoms with Crippen LogP contribution in [0.3, 0.4) is 0 Å². The molecule has 2 saturated heterocycles. The fourth-order valence-electron chi connectivity index (χ4n) is 3.99. The van der Waals surface area contributed by atoms with E-state index >= 15 is 0 Å². The van der Waals surface area contributed by atoms with Crippen LogP contribution in [-0.2, 0) is 11.2 Å². The van der Waals surface area contributed by atoms with E-state index in [0.29, 0.717) is 5.92 Å². The summed E-state index contributed by atoms with van der Waals surface area (Å²) in [6, 6.07) is 4.26. The Hall–Kier alpha value is -0.870. The van der Waals surface area contributed by atoms with Crippen molar-refractivity contribution >= 4 is 47.2 Å². The summed E-state index contributed by atoms with van der Waals surface area (Å²) in [6.07, 6.45) is 6.28. The van der Waals surface area contributed by atoms with Gasteiger partial charge in [-0.15, -0.1) is 35.3 Å². The third kappa shape index (κ3) is 8.05. The molecule has 0 aliphatic carbocycles. The molecule has 8 heteroatoms. The monoisotopic (exact) mass is 533 g/mol. The smallest absolute Gasteiger partial charge is 0.243 e. The molecule has 0 bridgehead atoms. The largest absolute Gasteiger partial charge is 0.356 e. The molecule has 1 atom stereocenters. The Bertz CT molecular complexity index is 631. The number of amides is 1. The lowest BCUT2D eigenvalue weighted by atomic mass is 10.1. The first-order valence-corrected chi connectivity index (χ1v) is 11.5. The zero-order valence-electron chi connectivity index (χ0n) is 17.8. The molecule has 0 saturated carbocycles. The summed E-state index contributed by atoms with van der Waals surface area (Å²) in [5.41, 5.74) is 0. The normalized spacial score (nSPS) is 20.4. The Morgan fingerprint density at radius 2 is 2.07 bits per heavy atom. The second kappa shape index (κ2) is 12.7. The van der Waals surface area contributed by atoms with Crippen LogP contribution in [0.1, 0.15) is 30.6 Å². The van der Waals surface area contributed by atoms with Crippen LogP contribution in [0.4, 0.5) is 0 Å². The molecule has 1 unspecified atom stereocenters. The molecule has 1 amide bonds. The number of aliphatic imine (C=N–C) groups is 1. The van der Waals surface area contributed by atoms with Gasteiger partial charge >= 0.3 is 0 Å². The van der Waals surface area contributed by atoms with Crippen LogP contribution in [0.15, 0.2) is 22.5 Å². The van der Waals surface area contributed by atoms with E-state index in [0.717, 1.165) is 32.0 Å². The topological polar surface area (TPSA) is 51.2 Å². The molecular weight excluding hydrogens is 497 g/mol. The van der Waals surface area contributed by atoms with Crippen LogP contribution in [0, 0.1) is 5.92 Å². The first kappa shape index (κ1) is 24.4. The van der Waals surface area contributed by atoms with Crippen molar-refractivity contribution in [3.63, 3.8) is 0 Å². The number of carbonyl (C=O) groups is 1. The van der Waals surface area contributed by atoms with Crippen molar-refractivity contribution in [2.75, 3.05) is 59.9 Å². The second-order valence-electron chi connectivity index (χ2n) is 8.15. The molecule has 29 heavy (non-hydrogen) atoms. The quantitative estimate of drug-likeness (QED) is 0.333. The lowest BCUT2D eigenvalue weighted by Gasteiger charge is -2.29. The van der Waals surface area contributed by atoms with Gasteiger partial charge in [-0.1, -0.05) is 12.5 Å². The number of nitrogens with one attached hydrogen (secondary N) is 1. The number of nitrogens with zero attached hydrogens (tertiary/aromatic N) is 4. The molecule has 1 aromatic rings. The van der Waals surface area contributed by atoms with Gasteiger partial charge < -0.3 is 20.0 Å². The van der Waals surface area contributed by atoms with Crippen molar-refractivity contribution < 1.29 is 4.79 Å². The summed E-state index contributed by atoms with van der Waals surface area (Å²) in [5.74, 6) is 1.64. The minimum Gasteiger partial charge on any atom is -0.356 e. The fraction of sp³-hybridized carbons (Fsp3) is 0.714. The van der Waals surface area contributed by atoms with Crippen LogP contribution in [0.25, 0.3) is 0 Å². The summed E-state index contributed by atoms with van der Waals surface area (Å²) in [5, 5.41) is 5.63. The Morgan fingerprint density at radius 1 is 1.28 bits per heavy atom. The highest BCUT2D eigenvalue weighted by Crippen LogP contribution is 2.20. The van der Waals surface area contributed by atoms with Crippen LogP contribution < -0.4 is 5.32 Å². The van der Waals surface area contributed by atoms with E-state index in [4.69, 9.17) is 0 Å². The van der Waals surface area contributed by atoms with Crippen LogP contribution >= 0.6 is 35.3 Å². The summed E-state index contributed by atoms with van der Waals surface area (Å²) >= 11 is 1.79. The third-order valence-electron chi connectivity index (χ3n) is 5.65. The van der Waals surface area contributed by atoms with Crippen LogP contribution in [-0.4, -0.2) is 86.5 Å². The number of rotatable bonds is 7. The minimum absolute atomic E-state index is 0. The average Bonchev–Trinajstić information content (AvgIpc) is 3.37. The zero-order chi connectivity index (χ0) is 19.8. The standard InChI is InChI=1S/C21H35N5OS.HI/c1-24(2)20(27)15-23-21(22-10-8-19-7-6-14-28-19)26-13-9-18(17-26)16-25-11-4-3-5-12-25;/h6-7,14,18H,3-5,8-13,15-17H2,1-2H3,(H,22,23);1H. The maximum atomic E-state index is 12.0. The number of piperidine rings is 1. The zero-order valence-corrected chi connectivity index (χ0v) is 21.0. The van der Waals surface area contributed by atoms with Crippen LogP contribution in [0.2, 0.25) is 0 Å². The summed E-state index contributed by atoms with van der Waals surface area (Å²) < 4.78 is 0. The van der Waals surface area contributed by atoms with Gasteiger partial charge in [0.15, 0.2) is 5.96 Å². The van der Waals surface area contributed by atoms with Crippen molar-refractivity contribution in [2.45, 2.75) is 32.1 Å². The predicted molar refractivity (Wildman–Crippen MR) is 132 cm³/mol. The number of likely N-dealkylation sites (tertiary alicyclic amines) is 2. The fourth-order valence-corrected chi connectivity index (χ4v) is 4.69. The molecule has 164 valence electrons. The highest BCUT2D eigenvalue weighted by atomic mass is 127. The summed E-state index contributed by atoms with van der Waals surface area (Å²) in [4.78, 5) is 24.6. The summed E-state index contributed by atoms with van der Waals surface area (Å²) in [6.45, 7) is 6.85. The van der Waals surface area contributed by atoms with Gasteiger partial charge in [0.1, 0.15) is 6.54 Å². The minimum atomic E-state index is 0. The average molecular weight is 534 g/mol. The Morgan fingerprint density at radius 3 is 2.76 bits per heavy atom. The first-order chi connectivity index (χ1) is 13.6. The number of carbonyl (C=O) groups excluding carboxylic acids is 1.